The van der Waals surface area contributed by atoms with Crippen LogP contribution in [-0.2, 0) is 4.79 Å². The van der Waals surface area contributed by atoms with Gasteiger partial charge in [-0.15, -0.1) is 0 Å². The van der Waals surface area contributed by atoms with Crippen molar-refractivity contribution >= 4 is 11.8 Å². The van der Waals surface area contributed by atoms with Crippen LogP contribution in [0.25, 0.3) is 0 Å². The molecule has 1 rings (SSSR count). The van der Waals surface area contributed by atoms with Crippen LogP contribution in [0.3, 0.4) is 0 Å². The molecule has 0 saturated heterocycles. The van der Waals surface area contributed by atoms with Gasteiger partial charge in [-0.1, -0.05) is 17.7 Å². The summed E-state index contributed by atoms with van der Waals surface area (Å²) in [6.45, 7) is -0.269. The summed E-state index contributed by atoms with van der Waals surface area (Å²) in [4.78, 5) is 23.5. The van der Waals surface area contributed by atoms with Crippen molar-refractivity contribution in [2.45, 2.75) is 12.5 Å². The van der Waals surface area contributed by atoms with E-state index in [0.717, 1.165) is 5.56 Å². The Hall–Kier alpha value is -1.96. The van der Waals surface area contributed by atoms with Gasteiger partial charge in [0.1, 0.15) is 5.54 Å². The highest BCUT2D eigenvalue weighted by atomic mass is 16.3. The Labute approximate surface area is 122 Å². The monoisotopic (exact) mass is 296 g/mol. The van der Waals surface area contributed by atoms with Gasteiger partial charge in [-0.05, 0) is 19.1 Å². The third-order valence-electron chi connectivity index (χ3n) is 3.04. The maximum Gasteiger partial charge on any atom is 0.251 e. The van der Waals surface area contributed by atoms with Gasteiger partial charge in [0, 0.05) is 5.56 Å². The predicted octanol–water partition coefficient (Wildman–Crippen LogP) is -1.44. The lowest BCUT2D eigenvalue weighted by Gasteiger charge is -2.28. The highest BCUT2D eigenvalue weighted by molar-refractivity contribution is 5.96. The Morgan fingerprint density at radius 2 is 1.57 bits per heavy atom. The highest BCUT2D eigenvalue weighted by Gasteiger charge is 2.29. The molecule has 116 valence electrons. The molecule has 2 amide bonds. The lowest BCUT2D eigenvalue weighted by Crippen LogP contribution is -2.58. The largest absolute Gasteiger partial charge is 0.394 e. The van der Waals surface area contributed by atoms with E-state index < -0.39 is 37.2 Å². The molecule has 5 N–H and O–H groups in total. The second-order valence-electron chi connectivity index (χ2n) is 4.85. The van der Waals surface area contributed by atoms with Crippen LogP contribution < -0.4 is 10.6 Å². The number of carbonyl (C=O) groups excluding carboxylic acids is 2. The maximum atomic E-state index is 11.8. The van der Waals surface area contributed by atoms with Gasteiger partial charge >= 0.3 is 0 Å². The van der Waals surface area contributed by atoms with Gasteiger partial charge in [0.05, 0.1) is 26.4 Å². The number of carbonyl (C=O) groups is 2. The van der Waals surface area contributed by atoms with Crippen molar-refractivity contribution in [3.05, 3.63) is 35.4 Å². The van der Waals surface area contributed by atoms with E-state index >= 15 is 0 Å². The molecule has 0 spiro atoms. The van der Waals surface area contributed by atoms with Gasteiger partial charge in [0.2, 0.25) is 5.91 Å². The van der Waals surface area contributed by atoms with Gasteiger partial charge in [-0.3, -0.25) is 9.59 Å². The molecular weight excluding hydrogens is 276 g/mol. The quantitative estimate of drug-likeness (QED) is 0.422. The summed E-state index contributed by atoms with van der Waals surface area (Å²) in [5.74, 6) is -1.03. The van der Waals surface area contributed by atoms with Crippen molar-refractivity contribution in [3.63, 3.8) is 0 Å². The van der Waals surface area contributed by atoms with Crippen molar-refractivity contribution in [2.75, 3.05) is 26.4 Å². The first-order valence-electron chi connectivity index (χ1n) is 6.45. The van der Waals surface area contributed by atoms with Crippen LogP contribution >= 0.6 is 0 Å². The van der Waals surface area contributed by atoms with E-state index in [4.69, 9.17) is 15.3 Å². The molecule has 0 aromatic heterocycles. The third kappa shape index (κ3) is 4.82. The highest BCUT2D eigenvalue weighted by Crippen LogP contribution is 2.03. The fraction of sp³-hybridized carbons (Fsp3) is 0.429. The summed E-state index contributed by atoms with van der Waals surface area (Å²) in [5, 5.41) is 32.0. The van der Waals surface area contributed by atoms with Crippen molar-refractivity contribution < 1.29 is 24.9 Å². The standard InChI is InChI=1S/C14H20N2O5/c1-10-2-4-11(5-3-10)13(21)15-6-12(20)16-14(7-17,8-18)9-19/h2-5,17-19H,6-9H2,1H3,(H,15,21)(H,16,20). The molecule has 0 aliphatic rings. The molecule has 0 aliphatic carbocycles. The molecule has 1 aromatic rings. The first-order valence-corrected chi connectivity index (χ1v) is 6.45. The number of aryl methyl sites for hydroxylation is 1. The average molecular weight is 296 g/mol. The zero-order valence-electron chi connectivity index (χ0n) is 11.8. The first-order chi connectivity index (χ1) is 9.96. The second-order valence-corrected chi connectivity index (χ2v) is 4.85. The number of aliphatic hydroxyl groups is 3. The van der Waals surface area contributed by atoms with E-state index in [1.807, 2.05) is 6.92 Å². The molecule has 0 heterocycles. The summed E-state index contributed by atoms with van der Waals surface area (Å²) in [7, 11) is 0. The fourth-order valence-corrected chi connectivity index (χ4v) is 1.58. The minimum atomic E-state index is -1.49. The first kappa shape index (κ1) is 17.1. The Bertz CT molecular complexity index is 474. The normalized spacial score (nSPS) is 11.0. The van der Waals surface area contributed by atoms with E-state index in [9.17, 15) is 9.59 Å². The molecular formula is C14H20N2O5. The molecule has 21 heavy (non-hydrogen) atoms. The lowest BCUT2D eigenvalue weighted by molar-refractivity contribution is -0.124. The predicted molar refractivity (Wildman–Crippen MR) is 75.6 cm³/mol. The van der Waals surface area contributed by atoms with Crippen LogP contribution in [0.5, 0.6) is 0 Å². The summed E-state index contributed by atoms with van der Waals surface area (Å²) < 4.78 is 0. The van der Waals surface area contributed by atoms with E-state index in [0.29, 0.717) is 5.56 Å². The fourth-order valence-electron chi connectivity index (χ4n) is 1.58. The molecule has 0 atom stereocenters. The van der Waals surface area contributed by atoms with Gasteiger partial charge in [-0.25, -0.2) is 0 Å². The van der Waals surface area contributed by atoms with Crippen molar-refractivity contribution in [1.82, 2.24) is 10.6 Å². The Morgan fingerprint density at radius 3 is 2.05 bits per heavy atom. The van der Waals surface area contributed by atoms with E-state index in [1.54, 1.807) is 24.3 Å². The zero-order chi connectivity index (χ0) is 15.9. The molecule has 0 radical (unpaired) electrons. The summed E-state index contributed by atoms with van der Waals surface area (Å²) in [5.41, 5.74) is -0.0554. The maximum absolute atomic E-state index is 11.8. The van der Waals surface area contributed by atoms with Crippen LogP contribution in [0.2, 0.25) is 0 Å². The zero-order valence-corrected chi connectivity index (χ0v) is 11.8. The van der Waals surface area contributed by atoms with Crippen LogP contribution in [0.4, 0.5) is 0 Å². The molecule has 7 nitrogen and oxygen atoms in total. The van der Waals surface area contributed by atoms with Crippen molar-refractivity contribution in [2.24, 2.45) is 0 Å². The molecule has 7 heteroatoms. The van der Waals surface area contributed by atoms with Gasteiger partial charge < -0.3 is 26.0 Å². The summed E-state index contributed by atoms with van der Waals surface area (Å²) in [6.07, 6.45) is 0. The topological polar surface area (TPSA) is 119 Å². The second kappa shape index (κ2) is 7.72. The molecule has 1 aromatic carbocycles. The van der Waals surface area contributed by atoms with E-state index in [2.05, 4.69) is 10.6 Å². The van der Waals surface area contributed by atoms with Crippen molar-refractivity contribution in [1.29, 1.82) is 0 Å². The molecule has 0 unspecified atom stereocenters. The van der Waals surface area contributed by atoms with Gasteiger partial charge in [0.15, 0.2) is 0 Å². The number of benzene rings is 1. The van der Waals surface area contributed by atoms with Crippen LogP contribution in [-0.4, -0.2) is 59.0 Å². The van der Waals surface area contributed by atoms with Crippen LogP contribution in [0.15, 0.2) is 24.3 Å². The number of rotatable bonds is 7. The molecule has 0 bridgehead atoms. The number of hydrogen-bond donors (Lipinski definition) is 5. The van der Waals surface area contributed by atoms with Crippen molar-refractivity contribution in [3.8, 4) is 0 Å². The minimum Gasteiger partial charge on any atom is -0.394 e. The molecule has 0 fully saturated rings. The van der Waals surface area contributed by atoms with Gasteiger partial charge in [-0.2, -0.15) is 0 Å². The number of hydrogen-bond acceptors (Lipinski definition) is 5. The van der Waals surface area contributed by atoms with Gasteiger partial charge in [0.25, 0.3) is 5.91 Å². The average Bonchev–Trinajstić information content (AvgIpc) is 2.51. The minimum absolute atomic E-state index is 0.325. The number of amides is 2. The smallest absolute Gasteiger partial charge is 0.251 e. The summed E-state index contributed by atoms with van der Waals surface area (Å²) in [6, 6.07) is 6.84. The molecule has 0 saturated carbocycles. The number of nitrogens with one attached hydrogen (secondary N) is 2. The Kier molecular flexibility index (Phi) is 6.29. The Balaban J connectivity index is 2.53. The third-order valence-corrected chi connectivity index (χ3v) is 3.04. The number of aliphatic hydroxyl groups excluding tert-OH is 3. The Morgan fingerprint density at radius 1 is 1.05 bits per heavy atom. The lowest BCUT2D eigenvalue weighted by atomic mass is 10.0. The van der Waals surface area contributed by atoms with Crippen LogP contribution in [0, 0.1) is 6.92 Å². The van der Waals surface area contributed by atoms with E-state index in [-0.39, 0.29) is 6.54 Å². The van der Waals surface area contributed by atoms with E-state index in [1.165, 1.54) is 0 Å². The molecule has 0 aliphatic heterocycles. The van der Waals surface area contributed by atoms with Crippen LogP contribution in [0.1, 0.15) is 15.9 Å². The SMILES string of the molecule is Cc1ccc(C(=O)NCC(=O)NC(CO)(CO)CO)cc1. The summed E-state index contributed by atoms with van der Waals surface area (Å²) >= 11 is 0.